The summed E-state index contributed by atoms with van der Waals surface area (Å²) in [5, 5.41) is 0. The Morgan fingerprint density at radius 3 is 2.60 bits per heavy atom. The van der Waals surface area contributed by atoms with Gasteiger partial charge in [0.1, 0.15) is 4.60 Å². The van der Waals surface area contributed by atoms with Crippen molar-refractivity contribution in [3.63, 3.8) is 0 Å². The van der Waals surface area contributed by atoms with Gasteiger partial charge in [0.05, 0.1) is 5.69 Å². The van der Waals surface area contributed by atoms with Crippen LogP contribution in [0.15, 0.2) is 10.7 Å². The number of hydrogen-bond acceptors (Lipinski definition) is 2. The van der Waals surface area contributed by atoms with E-state index in [0.29, 0.717) is 5.69 Å². The van der Waals surface area contributed by atoms with Crippen LogP contribution in [-0.2, 0) is 0 Å². The summed E-state index contributed by atoms with van der Waals surface area (Å²) in [5.41, 5.74) is 8.42. The van der Waals surface area contributed by atoms with Crippen LogP contribution < -0.4 is 5.73 Å². The molecule has 0 fully saturated rings. The summed E-state index contributed by atoms with van der Waals surface area (Å²) < 4.78 is 0.732. The lowest BCUT2D eigenvalue weighted by Crippen LogP contribution is -1.93. The number of rotatable bonds is 0. The highest BCUT2D eigenvalue weighted by Crippen LogP contribution is 2.18. The van der Waals surface area contributed by atoms with Gasteiger partial charge in [0.2, 0.25) is 0 Å². The van der Waals surface area contributed by atoms with Crippen molar-refractivity contribution in [3.8, 4) is 0 Å². The second kappa shape index (κ2) is 2.58. The average Bonchev–Trinajstić information content (AvgIpc) is 1.84. The predicted octanol–water partition coefficient (Wildman–Crippen LogP) is 2.04. The molecule has 10 heavy (non-hydrogen) atoms. The fourth-order valence-electron chi connectivity index (χ4n) is 0.697. The highest BCUT2D eigenvalue weighted by Gasteiger charge is 1.99. The highest BCUT2D eigenvalue weighted by molar-refractivity contribution is 9.10. The van der Waals surface area contributed by atoms with E-state index in [1.165, 1.54) is 0 Å². The van der Waals surface area contributed by atoms with Gasteiger partial charge in [0.25, 0.3) is 0 Å². The molecule has 0 aliphatic carbocycles. The Morgan fingerprint density at radius 2 is 2.10 bits per heavy atom. The van der Waals surface area contributed by atoms with Crippen LogP contribution in [0.3, 0.4) is 0 Å². The summed E-state index contributed by atoms with van der Waals surface area (Å²) in [6.07, 6.45) is 0. The highest BCUT2D eigenvalue weighted by atomic mass is 79.9. The molecule has 2 nitrogen and oxygen atoms in total. The normalized spacial score (nSPS) is 9.90. The predicted molar refractivity (Wildman–Crippen MR) is 45.8 cm³/mol. The van der Waals surface area contributed by atoms with Crippen molar-refractivity contribution < 1.29 is 0 Å². The van der Waals surface area contributed by atoms with Gasteiger partial charge in [-0.2, -0.15) is 0 Å². The van der Waals surface area contributed by atoms with Gasteiger partial charge in [-0.3, -0.25) is 0 Å². The molecule has 0 bridgehead atoms. The third-order valence-corrected chi connectivity index (χ3v) is 2.08. The van der Waals surface area contributed by atoms with Gasteiger partial charge in [-0.1, -0.05) is 0 Å². The van der Waals surface area contributed by atoms with E-state index < -0.39 is 0 Å². The number of nitrogens with two attached hydrogens (primary N) is 1. The third-order valence-electron chi connectivity index (χ3n) is 1.45. The number of halogens is 1. The molecule has 0 aliphatic rings. The lowest BCUT2D eigenvalue weighted by molar-refractivity contribution is 1.13. The van der Waals surface area contributed by atoms with E-state index in [1.807, 2.05) is 19.9 Å². The van der Waals surface area contributed by atoms with E-state index in [2.05, 4.69) is 20.9 Å². The molecular formula is C7H9BrN2. The van der Waals surface area contributed by atoms with Crippen molar-refractivity contribution in [1.82, 2.24) is 4.98 Å². The summed E-state index contributed by atoms with van der Waals surface area (Å²) in [4.78, 5) is 4.16. The van der Waals surface area contributed by atoms with Crippen molar-refractivity contribution in [2.75, 3.05) is 5.73 Å². The lowest BCUT2D eigenvalue weighted by atomic mass is 10.2. The standard InChI is InChI=1S/C7H9BrN2/c1-4-3-6(9)7(8)10-5(4)2/h3H,9H2,1-2H3. The van der Waals surface area contributed by atoms with Crippen LogP contribution in [0.4, 0.5) is 5.69 Å². The van der Waals surface area contributed by atoms with Crippen LogP contribution in [0.2, 0.25) is 0 Å². The first kappa shape index (κ1) is 7.54. The maximum Gasteiger partial charge on any atom is 0.129 e. The number of nitrogen functional groups attached to an aromatic ring is 1. The minimum Gasteiger partial charge on any atom is -0.397 e. The molecule has 0 unspecified atom stereocenters. The first-order valence-electron chi connectivity index (χ1n) is 3.00. The smallest absolute Gasteiger partial charge is 0.129 e. The molecule has 0 saturated heterocycles. The molecule has 1 aromatic heterocycles. The van der Waals surface area contributed by atoms with Gasteiger partial charge >= 0.3 is 0 Å². The second-order valence-corrected chi connectivity index (χ2v) is 3.02. The largest absolute Gasteiger partial charge is 0.397 e. The monoisotopic (exact) mass is 200 g/mol. The summed E-state index contributed by atoms with van der Waals surface area (Å²) >= 11 is 3.24. The Balaban J connectivity index is 3.28. The van der Waals surface area contributed by atoms with Gasteiger partial charge in [-0.25, -0.2) is 4.98 Å². The minimum absolute atomic E-state index is 0.697. The Bertz CT molecular complexity index is 208. The molecule has 2 N–H and O–H groups in total. The van der Waals surface area contributed by atoms with E-state index >= 15 is 0 Å². The van der Waals surface area contributed by atoms with E-state index in [1.54, 1.807) is 0 Å². The SMILES string of the molecule is Cc1cc(N)c(Br)nc1C. The molecule has 0 amide bonds. The molecule has 0 radical (unpaired) electrons. The van der Waals surface area contributed by atoms with Gasteiger partial charge in [-0.15, -0.1) is 0 Å². The molecule has 1 aromatic rings. The summed E-state index contributed by atoms with van der Waals surface area (Å²) in [6, 6.07) is 1.91. The Labute approximate surface area is 68.6 Å². The number of anilines is 1. The molecule has 0 aliphatic heterocycles. The summed E-state index contributed by atoms with van der Waals surface area (Å²) in [5.74, 6) is 0. The fraction of sp³-hybridized carbons (Fsp3) is 0.286. The summed E-state index contributed by atoms with van der Waals surface area (Å²) in [6.45, 7) is 3.95. The van der Waals surface area contributed by atoms with Gasteiger partial charge < -0.3 is 5.73 Å². The Kier molecular flexibility index (Phi) is 1.94. The number of hydrogen-bond donors (Lipinski definition) is 1. The topological polar surface area (TPSA) is 38.9 Å². The fourth-order valence-corrected chi connectivity index (χ4v) is 1.08. The van der Waals surface area contributed by atoms with E-state index in [-0.39, 0.29) is 0 Å². The minimum atomic E-state index is 0.697. The maximum atomic E-state index is 5.58. The molecule has 1 rings (SSSR count). The zero-order chi connectivity index (χ0) is 7.72. The van der Waals surface area contributed by atoms with Crippen LogP contribution in [0.1, 0.15) is 11.3 Å². The molecular weight excluding hydrogens is 192 g/mol. The Hall–Kier alpha value is -0.570. The van der Waals surface area contributed by atoms with E-state index in [4.69, 9.17) is 5.73 Å². The molecule has 0 saturated carbocycles. The molecule has 3 heteroatoms. The molecule has 0 spiro atoms. The number of aryl methyl sites for hydroxylation is 2. The zero-order valence-corrected chi connectivity index (χ0v) is 7.57. The van der Waals surface area contributed by atoms with Crippen LogP contribution in [0.25, 0.3) is 0 Å². The van der Waals surface area contributed by atoms with Gasteiger partial charge in [0, 0.05) is 5.69 Å². The Morgan fingerprint density at radius 1 is 1.50 bits per heavy atom. The van der Waals surface area contributed by atoms with Gasteiger partial charge in [0.15, 0.2) is 0 Å². The lowest BCUT2D eigenvalue weighted by Gasteiger charge is -2.01. The molecule has 54 valence electrons. The van der Waals surface area contributed by atoms with Crippen molar-refractivity contribution in [3.05, 3.63) is 21.9 Å². The van der Waals surface area contributed by atoms with Crippen molar-refractivity contribution >= 4 is 21.6 Å². The average molecular weight is 201 g/mol. The zero-order valence-electron chi connectivity index (χ0n) is 5.98. The first-order chi connectivity index (χ1) is 4.61. The van der Waals surface area contributed by atoms with Crippen molar-refractivity contribution in [1.29, 1.82) is 0 Å². The van der Waals surface area contributed by atoms with Crippen LogP contribution >= 0.6 is 15.9 Å². The van der Waals surface area contributed by atoms with Gasteiger partial charge in [-0.05, 0) is 41.4 Å². The van der Waals surface area contributed by atoms with Crippen LogP contribution in [0, 0.1) is 13.8 Å². The number of nitrogens with zero attached hydrogens (tertiary/aromatic N) is 1. The molecule has 1 heterocycles. The summed E-state index contributed by atoms with van der Waals surface area (Å²) in [7, 11) is 0. The molecule has 0 atom stereocenters. The van der Waals surface area contributed by atoms with Crippen molar-refractivity contribution in [2.24, 2.45) is 0 Å². The third kappa shape index (κ3) is 1.29. The molecule has 0 aromatic carbocycles. The second-order valence-electron chi connectivity index (χ2n) is 2.27. The van der Waals surface area contributed by atoms with Crippen molar-refractivity contribution in [2.45, 2.75) is 13.8 Å². The van der Waals surface area contributed by atoms with Crippen LogP contribution in [-0.4, -0.2) is 4.98 Å². The van der Waals surface area contributed by atoms with Crippen LogP contribution in [0.5, 0.6) is 0 Å². The maximum absolute atomic E-state index is 5.58. The number of pyridine rings is 1. The quantitative estimate of drug-likeness (QED) is 0.652. The number of aromatic nitrogens is 1. The first-order valence-corrected chi connectivity index (χ1v) is 3.80. The van der Waals surface area contributed by atoms with E-state index in [0.717, 1.165) is 15.9 Å². The van der Waals surface area contributed by atoms with E-state index in [9.17, 15) is 0 Å².